The third-order valence-electron chi connectivity index (χ3n) is 1.48. The Kier molecular flexibility index (Phi) is 3.09. The van der Waals surface area contributed by atoms with E-state index in [4.69, 9.17) is 0 Å². The summed E-state index contributed by atoms with van der Waals surface area (Å²) in [5.74, 6) is -0.256. The van der Waals surface area contributed by atoms with E-state index in [-0.39, 0.29) is 5.82 Å². The van der Waals surface area contributed by atoms with E-state index >= 15 is 0 Å². The molecule has 13 heavy (non-hydrogen) atoms. The highest BCUT2D eigenvalue weighted by molar-refractivity contribution is 8.01. The van der Waals surface area contributed by atoms with Crippen molar-refractivity contribution in [3.05, 3.63) is 30.1 Å². The molecule has 0 saturated heterocycles. The second-order valence-electron chi connectivity index (χ2n) is 3.28. The summed E-state index contributed by atoms with van der Waals surface area (Å²) in [7, 11) is 0. The molecule has 0 aliphatic rings. The zero-order valence-electron chi connectivity index (χ0n) is 7.58. The van der Waals surface area contributed by atoms with Crippen LogP contribution in [-0.4, -0.2) is 11.0 Å². The molecule has 0 saturated carbocycles. The van der Waals surface area contributed by atoms with Crippen molar-refractivity contribution in [3.8, 4) is 0 Å². The van der Waals surface area contributed by atoms with E-state index in [0.717, 1.165) is 11.2 Å². The number of carbonyl (C=O) groups excluding carboxylic acids is 1. The third kappa shape index (κ3) is 3.19. The lowest BCUT2D eigenvalue weighted by molar-refractivity contribution is -0.109. The lowest BCUT2D eigenvalue weighted by atomic mass is 10.2. The fourth-order valence-electron chi connectivity index (χ4n) is 0.830. The summed E-state index contributed by atoms with van der Waals surface area (Å²) in [6.45, 7) is 3.65. The first-order valence-electron chi connectivity index (χ1n) is 3.94. The van der Waals surface area contributed by atoms with Gasteiger partial charge < -0.3 is 4.79 Å². The van der Waals surface area contributed by atoms with Crippen LogP contribution in [0.3, 0.4) is 0 Å². The first-order valence-corrected chi connectivity index (χ1v) is 4.76. The molecule has 0 radical (unpaired) electrons. The zero-order chi connectivity index (χ0) is 9.90. The van der Waals surface area contributed by atoms with Crippen LogP contribution in [-0.2, 0) is 4.79 Å². The fourth-order valence-corrected chi connectivity index (χ4v) is 1.76. The van der Waals surface area contributed by atoms with E-state index in [1.165, 1.54) is 23.9 Å². The number of aldehydes is 1. The van der Waals surface area contributed by atoms with E-state index in [9.17, 15) is 9.18 Å². The summed E-state index contributed by atoms with van der Waals surface area (Å²) in [5, 5.41) is 0. The molecule has 1 nitrogen and oxygen atoms in total. The van der Waals surface area contributed by atoms with Crippen molar-refractivity contribution in [1.29, 1.82) is 0 Å². The molecule has 0 amide bonds. The lowest BCUT2D eigenvalue weighted by Crippen LogP contribution is -2.15. The predicted molar refractivity (Wildman–Crippen MR) is 52.4 cm³/mol. The summed E-state index contributed by atoms with van der Waals surface area (Å²) in [6.07, 6.45) is 0.890. The van der Waals surface area contributed by atoms with Crippen LogP contribution in [0.5, 0.6) is 0 Å². The second-order valence-corrected chi connectivity index (χ2v) is 5.01. The van der Waals surface area contributed by atoms with Gasteiger partial charge in [0.25, 0.3) is 0 Å². The van der Waals surface area contributed by atoms with Gasteiger partial charge in [0.05, 0.1) is 4.75 Å². The van der Waals surface area contributed by atoms with Crippen molar-refractivity contribution in [2.75, 3.05) is 0 Å². The molecule has 1 rings (SSSR count). The molecule has 0 spiro atoms. The molecule has 0 N–H and O–H groups in total. The van der Waals surface area contributed by atoms with Gasteiger partial charge in [0, 0.05) is 4.90 Å². The molecule has 0 aliphatic carbocycles. The first-order chi connectivity index (χ1) is 6.03. The van der Waals surface area contributed by atoms with Gasteiger partial charge in [0.15, 0.2) is 0 Å². The Morgan fingerprint density at radius 3 is 2.31 bits per heavy atom. The Morgan fingerprint density at radius 2 is 1.85 bits per heavy atom. The molecule has 0 unspecified atom stereocenters. The topological polar surface area (TPSA) is 17.1 Å². The maximum Gasteiger partial charge on any atom is 0.135 e. The highest BCUT2D eigenvalue weighted by atomic mass is 32.2. The van der Waals surface area contributed by atoms with Crippen LogP contribution in [0.4, 0.5) is 4.39 Å². The van der Waals surface area contributed by atoms with E-state index in [1.54, 1.807) is 12.1 Å². The Hall–Kier alpha value is -0.830. The SMILES string of the molecule is CC(C)(C=O)Sc1ccc(F)cc1. The maximum atomic E-state index is 12.5. The Bertz CT molecular complexity index is 292. The molecule has 0 heterocycles. The monoisotopic (exact) mass is 198 g/mol. The normalized spacial score (nSPS) is 11.3. The van der Waals surface area contributed by atoms with Crippen molar-refractivity contribution < 1.29 is 9.18 Å². The van der Waals surface area contributed by atoms with Crippen LogP contribution in [0.15, 0.2) is 29.2 Å². The number of benzene rings is 1. The van der Waals surface area contributed by atoms with Crippen LogP contribution in [0.2, 0.25) is 0 Å². The zero-order valence-corrected chi connectivity index (χ0v) is 8.40. The molecule has 70 valence electrons. The van der Waals surface area contributed by atoms with E-state index in [2.05, 4.69) is 0 Å². The fraction of sp³-hybridized carbons (Fsp3) is 0.300. The standard InChI is InChI=1S/C10H11FOS/c1-10(2,7-12)13-9-5-3-8(11)4-6-9/h3-7H,1-2H3. The van der Waals surface area contributed by atoms with Crippen LogP contribution >= 0.6 is 11.8 Å². The Balaban J connectivity index is 2.75. The van der Waals surface area contributed by atoms with Gasteiger partial charge >= 0.3 is 0 Å². The van der Waals surface area contributed by atoms with Crippen LogP contribution < -0.4 is 0 Å². The number of halogens is 1. The number of thioether (sulfide) groups is 1. The summed E-state index contributed by atoms with van der Waals surface area (Å²) in [4.78, 5) is 11.5. The van der Waals surface area contributed by atoms with E-state index in [0.29, 0.717) is 0 Å². The summed E-state index contributed by atoms with van der Waals surface area (Å²) in [6, 6.07) is 6.13. The number of hydrogen-bond donors (Lipinski definition) is 0. The predicted octanol–water partition coefficient (Wildman–Crippen LogP) is 2.90. The summed E-state index contributed by atoms with van der Waals surface area (Å²) < 4.78 is 12.1. The second kappa shape index (κ2) is 3.92. The number of carbonyl (C=O) groups is 1. The quantitative estimate of drug-likeness (QED) is 0.548. The Morgan fingerprint density at radius 1 is 1.31 bits per heavy atom. The van der Waals surface area contributed by atoms with Gasteiger partial charge in [0.1, 0.15) is 12.1 Å². The van der Waals surface area contributed by atoms with Crippen LogP contribution in [0.25, 0.3) is 0 Å². The average Bonchev–Trinajstić information content (AvgIpc) is 2.09. The summed E-state index contributed by atoms with van der Waals surface area (Å²) in [5.41, 5.74) is 0. The maximum absolute atomic E-state index is 12.5. The van der Waals surface area contributed by atoms with Crippen LogP contribution in [0, 0.1) is 5.82 Å². The minimum Gasteiger partial charge on any atom is -0.302 e. The molecule has 0 aliphatic heterocycles. The van der Waals surface area contributed by atoms with Gasteiger partial charge in [0.2, 0.25) is 0 Å². The molecular formula is C10H11FOS. The molecule has 1 aromatic rings. The van der Waals surface area contributed by atoms with Gasteiger partial charge in [-0.3, -0.25) is 0 Å². The van der Waals surface area contributed by atoms with Crippen LogP contribution in [0.1, 0.15) is 13.8 Å². The van der Waals surface area contributed by atoms with Crippen molar-refractivity contribution in [2.24, 2.45) is 0 Å². The van der Waals surface area contributed by atoms with E-state index < -0.39 is 4.75 Å². The van der Waals surface area contributed by atoms with Gasteiger partial charge in [-0.15, -0.1) is 11.8 Å². The highest BCUT2D eigenvalue weighted by Gasteiger charge is 2.17. The minimum absolute atomic E-state index is 0.256. The largest absolute Gasteiger partial charge is 0.302 e. The van der Waals surface area contributed by atoms with Crippen molar-refractivity contribution in [1.82, 2.24) is 0 Å². The molecule has 0 aromatic heterocycles. The van der Waals surface area contributed by atoms with Gasteiger partial charge in [-0.25, -0.2) is 4.39 Å². The minimum atomic E-state index is -0.447. The van der Waals surface area contributed by atoms with Gasteiger partial charge in [-0.2, -0.15) is 0 Å². The summed E-state index contributed by atoms with van der Waals surface area (Å²) >= 11 is 1.42. The molecule has 0 atom stereocenters. The third-order valence-corrected chi connectivity index (χ3v) is 2.61. The molecule has 0 fully saturated rings. The molecular weight excluding hydrogens is 187 g/mol. The van der Waals surface area contributed by atoms with Gasteiger partial charge in [-0.1, -0.05) is 0 Å². The molecule has 3 heteroatoms. The highest BCUT2D eigenvalue weighted by Crippen LogP contribution is 2.30. The van der Waals surface area contributed by atoms with Crippen molar-refractivity contribution in [2.45, 2.75) is 23.5 Å². The number of hydrogen-bond acceptors (Lipinski definition) is 2. The molecule has 1 aromatic carbocycles. The number of rotatable bonds is 3. The van der Waals surface area contributed by atoms with Gasteiger partial charge in [-0.05, 0) is 38.1 Å². The smallest absolute Gasteiger partial charge is 0.135 e. The van der Waals surface area contributed by atoms with E-state index in [1.807, 2.05) is 13.8 Å². The van der Waals surface area contributed by atoms with Crippen molar-refractivity contribution in [3.63, 3.8) is 0 Å². The van der Waals surface area contributed by atoms with Crippen molar-refractivity contribution >= 4 is 18.0 Å². The average molecular weight is 198 g/mol. The lowest BCUT2D eigenvalue weighted by Gasteiger charge is -2.15. The Labute approximate surface area is 81.3 Å². The first kappa shape index (κ1) is 10.3. The molecule has 0 bridgehead atoms.